The number of anilines is 1. The molecule has 0 bridgehead atoms. The number of hydrogen-bond donors (Lipinski definition) is 0. The van der Waals surface area contributed by atoms with Crippen LogP contribution < -0.4 is 9.64 Å². The van der Waals surface area contributed by atoms with Crippen LogP contribution in [0.2, 0.25) is 0 Å². The molecule has 0 fully saturated rings. The molecule has 0 aliphatic carbocycles. The summed E-state index contributed by atoms with van der Waals surface area (Å²) in [6, 6.07) is 23.3. The number of hydrogen-bond acceptors (Lipinski definition) is 6. The molecule has 0 unspecified atom stereocenters. The van der Waals surface area contributed by atoms with E-state index in [1.165, 1.54) is 5.56 Å². The fourth-order valence-corrected chi connectivity index (χ4v) is 4.92. The lowest BCUT2D eigenvalue weighted by Crippen LogP contribution is -2.38. The van der Waals surface area contributed by atoms with E-state index in [1.54, 1.807) is 28.4 Å². The van der Waals surface area contributed by atoms with Crippen LogP contribution in [0, 0.1) is 0 Å². The summed E-state index contributed by atoms with van der Waals surface area (Å²) in [4.78, 5) is 31.7. The maximum Gasteiger partial charge on any atom is 0.338 e. The quantitative estimate of drug-likeness (QED) is 0.283. The van der Waals surface area contributed by atoms with Gasteiger partial charge in [0.15, 0.2) is 6.61 Å². The Morgan fingerprint density at radius 2 is 1.89 bits per heavy atom. The molecule has 1 aliphatic heterocycles. The van der Waals surface area contributed by atoms with Gasteiger partial charge in [0.2, 0.25) is 0 Å². The van der Waals surface area contributed by atoms with Gasteiger partial charge in [0.25, 0.3) is 5.91 Å². The second kappa shape index (κ2) is 10.7. The smallest absolute Gasteiger partial charge is 0.338 e. The number of carbonyl (C=O) groups is 2. The van der Waals surface area contributed by atoms with E-state index in [2.05, 4.69) is 12.1 Å². The molecule has 36 heavy (non-hydrogen) atoms. The summed E-state index contributed by atoms with van der Waals surface area (Å²) < 4.78 is 11.0. The summed E-state index contributed by atoms with van der Waals surface area (Å²) >= 11 is 1.62. The molecular weight excluding hydrogens is 472 g/mol. The van der Waals surface area contributed by atoms with E-state index >= 15 is 0 Å². The van der Waals surface area contributed by atoms with Gasteiger partial charge in [0.05, 0.1) is 35.1 Å². The monoisotopic (exact) mass is 498 g/mol. The highest BCUT2D eigenvalue weighted by Crippen LogP contribution is 2.37. The van der Waals surface area contributed by atoms with Crippen molar-refractivity contribution in [1.82, 2.24) is 4.98 Å². The molecule has 2 heterocycles. The van der Waals surface area contributed by atoms with E-state index in [4.69, 9.17) is 14.5 Å². The number of fused-ring (bicyclic) bond motifs is 1. The lowest BCUT2D eigenvalue weighted by molar-refractivity contribution is -0.121. The first-order valence-electron chi connectivity index (χ1n) is 11.9. The van der Waals surface area contributed by atoms with Crippen molar-refractivity contribution >= 4 is 28.9 Å². The lowest BCUT2D eigenvalue weighted by atomic mass is 10.1. The second-order valence-corrected chi connectivity index (χ2v) is 9.52. The molecule has 1 amide bonds. The molecule has 7 heteroatoms. The number of esters is 1. The van der Waals surface area contributed by atoms with Crippen LogP contribution in [0.5, 0.6) is 5.75 Å². The summed E-state index contributed by atoms with van der Waals surface area (Å²) in [6.45, 7) is 2.63. The lowest BCUT2D eigenvalue weighted by Gasteiger charge is -2.30. The van der Waals surface area contributed by atoms with Crippen molar-refractivity contribution in [3.63, 3.8) is 0 Å². The number of nitrogens with zero attached hydrogens (tertiary/aromatic N) is 2. The molecule has 0 atom stereocenters. The average Bonchev–Trinajstić information content (AvgIpc) is 3.38. The molecular formula is C29H26N2O4S. The minimum Gasteiger partial charge on any atom is -0.482 e. The number of rotatable bonds is 8. The van der Waals surface area contributed by atoms with Gasteiger partial charge in [0.1, 0.15) is 5.75 Å². The van der Waals surface area contributed by atoms with Crippen molar-refractivity contribution in [2.45, 2.75) is 26.3 Å². The summed E-state index contributed by atoms with van der Waals surface area (Å²) in [6.07, 6.45) is 1.54. The normalized spacial score (nSPS) is 12.7. The van der Waals surface area contributed by atoms with Gasteiger partial charge in [-0.15, -0.1) is 11.3 Å². The third-order valence-corrected chi connectivity index (χ3v) is 6.74. The van der Waals surface area contributed by atoms with Gasteiger partial charge in [0, 0.05) is 17.4 Å². The second-order valence-electron chi connectivity index (χ2n) is 8.58. The fraction of sp³-hybridized carbons (Fsp3) is 0.207. The summed E-state index contributed by atoms with van der Waals surface area (Å²) in [7, 11) is 0. The van der Waals surface area contributed by atoms with Crippen molar-refractivity contribution in [2.75, 3.05) is 18.1 Å². The molecule has 5 rings (SSSR count). The molecule has 3 aromatic carbocycles. The molecule has 0 saturated heterocycles. The average molecular weight is 499 g/mol. The van der Waals surface area contributed by atoms with Crippen LogP contribution >= 0.6 is 11.3 Å². The number of carbonyl (C=O) groups excluding carboxylic acids is 2. The first kappa shape index (κ1) is 23.8. The van der Waals surface area contributed by atoms with E-state index < -0.39 is 0 Å². The fourth-order valence-electron chi connectivity index (χ4n) is 4.09. The zero-order valence-electron chi connectivity index (χ0n) is 20.0. The molecule has 0 N–H and O–H groups in total. The minimum absolute atomic E-state index is 0.0253. The largest absolute Gasteiger partial charge is 0.482 e. The van der Waals surface area contributed by atoms with Gasteiger partial charge < -0.3 is 14.4 Å². The number of aromatic nitrogens is 1. The van der Waals surface area contributed by atoms with Crippen molar-refractivity contribution in [3.05, 3.63) is 99.9 Å². The molecule has 1 aromatic heterocycles. The number of benzene rings is 3. The topological polar surface area (TPSA) is 68.7 Å². The predicted octanol–water partition coefficient (Wildman–Crippen LogP) is 5.89. The minimum atomic E-state index is -0.357. The Hall–Kier alpha value is -3.97. The van der Waals surface area contributed by atoms with Crippen LogP contribution in [0.1, 0.15) is 39.8 Å². The van der Waals surface area contributed by atoms with Gasteiger partial charge in [-0.2, -0.15) is 0 Å². The first-order chi connectivity index (χ1) is 17.6. The molecule has 4 aromatic rings. The Kier molecular flexibility index (Phi) is 7.09. The van der Waals surface area contributed by atoms with Crippen molar-refractivity contribution in [3.8, 4) is 17.0 Å². The maximum atomic E-state index is 12.9. The standard InChI is InChI=1S/C29H26N2O4S/c1-2-13-34-29(33)23-10-6-9-21(14-23)17-31-25-16-22(11-12-26(25)35-18-28(31)32)24-19-36-27(30-24)15-20-7-4-3-5-8-20/h3-12,14,16,19H,2,13,15,17-18H2,1H3. The molecule has 0 saturated carbocycles. The molecule has 182 valence electrons. The third-order valence-electron chi connectivity index (χ3n) is 5.89. The Morgan fingerprint density at radius 3 is 2.72 bits per heavy atom. The highest BCUT2D eigenvalue weighted by atomic mass is 32.1. The van der Waals surface area contributed by atoms with Crippen molar-refractivity contribution in [1.29, 1.82) is 0 Å². The zero-order valence-corrected chi connectivity index (χ0v) is 20.8. The Bertz CT molecular complexity index is 1380. The number of amides is 1. The molecule has 0 radical (unpaired) electrons. The Balaban J connectivity index is 1.39. The van der Waals surface area contributed by atoms with Gasteiger partial charge in [-0.25, -0.2) is 9.78 Å². The van der Waals surface area contributed by atoms with Gasteiger partial charge >= 0.3 is 5.97 Å². The third kappa shape index (κ3) is 5.31. The Morgan fingerprint density at radius 1 is 1.06 bits per heavy atom. The van der Waals surface area contributed by atoms with Crippen LogP contribution in [-0.2, 0) is 22.5 Å². The number of thiazole rings is 1. The van der Waals surface area contributed by atoms with Crippen LogP contribution in [0.3, 0.4) is 0 Å². The van der Waals surface area contributed by atoms with Crippen molar-refractivity contribution in [2.24, 2.45) is 0 Å². The summed E-state index contributed by atoms with van der Waals surface area (Å²) in [5.74, 6) is 0.155. The van der Waals surface area contributed by atoms with E-state index in [1.807, 2.05) is 60.8 Å². The van der Waals surface area contributed by atoms with E-state index in [9.17, 15) is 9.59 Å². The Labute approximate surface area is 214 Å². The van der Waals surface area contributed by atoms with Crippen LogP contribution in [-0.4, -0.2) is 30.1 Å². The van der Waals surface area contributed by atoms with Crippen LogP contribution in [0.15, 0.2) is 78.2 Å². The summed E-state index contributed by atoms with van der Waals surface area (Å²) in [5, 5.41) is 3.08. The summed E-state index contributed by atoms with van der Waals surface area (Å²) in [5.41, 5.74) is 5.02. The van der Waals surface area contributed by atoms with Crippen LogP contribution in [0.4, 0.5) is 5.69 Å². The van der Waals surface area contributed by atoms with Gasteiger partial charge in [-0.05, 0) is 47.9 Å². The van der Waals surface area contributed by atoms with E-state index in [0.717, 1.165) is 34.7 Å². The number of ether oxygens (including phenoxy) is 2. The maximum absolute atomic E-state index is 12.9. The van der Waals surface area contributed by atoms with Crippen LogP contribution in [0.25, 0.3) is 11.3 Å². The molecule has 0 spiro atoms. The van der Waals surface area contributed by atoms with Crippen molar-refractivity contribution < 1.29 is 19.1 Å². The molecule has 6 nitrogen and oxygen atoms in total. The van der Waals surface area contributed by atoms with Gasteiger partial charge in [-0.3, -0.25) is 4.79 Å². The first-order valence-corrected chi connectivity index (χ1v) is 12.8. The SMILES string of the molecule is CCCOC(=O)c1cccc(CN2C(=O)COc3ccc(-c4csc(Cc5ccccc5)n4)cc32)c1. The van der Waals surface area contributed by atoms with E-state index in [0.29, 0.717) is 30.2 Å². The molecule has 1 aliphatic rings. The van der Waals surface area contributed by atoms with Gasteiger partial charge in [-0.1, -0.05) is 49.4 Å². The highest BCUT2D eigenvalue weighted by molar-refractivity contribution is 7.10. The highest BCUT2D eigenvalue weighted by Gasteiger charge is 2.26. The predicted molar refractivity (Wildman–Crippen MR) is 140 cm³/mol. The zero-order chi connectivity index (χ0) is 24.9. The van der Waals surface area contributed by atoms with E-state index in [-0.39, 0.29) is 18.5 Å².